The van der Waals surface area contributed by atoms with E-state index in [0.717, 1.165) is 16.8 Å². The molecule has 0 radical (unpaired) electrons. The van der Waals surface area contributed by atoms with E-state index in [-0.39, 0.29) is 0 Å². The summed E-state index contributed by atoms with van der Waals surface area (Å²) in [4.78, 5) is 4.34. The van der Waals surface area contributed by atoms with Crippen molar-refractivity contribution in [2.24, 2.45) is 0 Å². The number of benzene rings is 1. The molecule has 0 bridgehead atoms. The van der Waals surface area contributed by atoms with Crippen molar-refractivity contribution in [2.45, 2.75) is 0 Å². The first kappa shape index (κ1) is 12.2. The average Bonchev–Trinajstić information content (AvgIpc) is 2.97. The molecule has 0 unspecified atom stereocenters. The number of hydrogen-bond donors (Lipinski definition) is 1. The van der Waals surface area contributed by atoms with Crippen LogP contribution in [0.3, 0.4) is 0 Å². The molecule has 0 fully saturated rings. The molecule has 1 aromatic carbocycles. The van der Waals surface area contributed by atoms with E-state index in [2.05, 4.69) is 10.1 Å². The van der Waals surface area contributed by atoms with Gasteiger partial charge in [-0.2, -0.15) is 10.1 Å². The Morgan fingerprint density at radius 3 is 2.75 bits per heavy atom. The van der Waals surface area contributed by atoms with Gasteiger partial charge in [0.25, 0.3) is 0 Å². The Bertz CT molecular complexity index is 736. The van der Waals surface area contributed by atoms with Crippen LogP contribution in [0.5, 0.6) is 5.88 Å². The summed E-state index contributed by atoms with van der Waals surface area (Å²) in [5.41, 5.74) is 8.54. The number of rotatable bonds is 3. The Kier molecular flexibility index (Phi) is 3.09. The number of pyridine rings is 1. The van der Waals surface area contributed by atoms with Crippen LogP contribution in [0.15, 0.2) is 54.9 Å². The lowest BCUT2D eigenvalue weighted by atomic mass is 10.1. The lowest BCUT2D eigenvalue weighted by molar-refractivity contribution is 0.397. The van der Waals surface area contributed by atoms with Gasteiger partial charge >= 0.3 is 0 Å². The first-order valence-corrected chi connectivity index (χ1v) is 6.18. The second-order valence-corrected chi connectivity index (χ2v) is 4.34. The maximum atomic E-state index is 5.80. The van der Waals surface area contributed by atoms with Crippen molar-refractivity contribution in [1.29, 1.82) is 0 Å². The zero-order valence-electron chi connectivity index (χ0n) is 11.0. The second-order valence-electron chi connectivity index (χ2n) is 4.34. The average molecular weight is 266 g/mol. The van der Waals surface area contributed by atoms with Gasteiger partial charge < -0.3 is 10.5 Å². The Morgan fingerprint density at radius 1 is 1.10 bits per heavy atom. The van der Waals surface area contributed by atoms with Crippen molar-refractivity contribution >= 4 is 5.69 Å². The SMILES string of the molecule is COc1cccc(-n2cc(-c3cccc(N)c3)cn2)n1. The zero-order chi connectivity index (χ0) is 13.9. The number of aromatic nitrogens is 3. The predicted octanol–water partition coefficient (Wildman–Crippen LogP) is 2.53. The Hall–Kier alpha value is -2.82. The number of nitrogens with two attached hydrogens (primary N) is 1. The van der Waals surface area contributed by atoms with Crippen LogP contribution in [0.4, 0.5) is 5.69 Å². The number of nitrogen functional groups attached to an aromatic ring is 1. The van der Waals surface area contributed by atoms with E-state index < -0.39 is 0 Å². The van der Waals surface area contributed by atoms with Gasteiger partial charge in [0, 0.05) is 23.5 Å². The molecule has 0 amide bonds. The summed E-state index contributed by atoms with van der Waals surface area (Å²) >= 11 is 0. The fraction of sp³-hybridized carbons (Fsp3) is 0.0667. The lowest BCUT2D eigenvalue weighted by Gasteiger charge is -2.02. The first-order chi connectivity index (χ1) is 9.76. The molecule has 0 spiro atoms. The monoisotopic (exact) mass is 266 g/mol. The Morgan fingerprint density at radius 2 is 1.95 bits per heavy atom. The maximum Gasteiger partial charge on any atom is 0.214 e. The molecule has 0 aliphatic heterocycles. The highest BCUT2D eigenvalue weighted by atomic mass is 16.5. The van der Waals surface area contributed by atoms with Crippen molar-refractivity contribution in [3.05, 3.63) is 54.9 Å². The van der Waals surface area contributed by atoms with Crippen LogP contribution < -0.4 is 10.5 Å². The van der Waals surface area contributed by atoms with Crippen molar-refractivity contribution < 1.29 is 4.74 Å². The zero-order valence-corrected chi connectivity index (χ0v) is 11.0. The highest BCUT2D eigenvalue weighted by Gasteiger charge is 2.05. The fourth-order valence-electron chi connectivity index (χ4n) is 1.96. The molecular formula is C15H14N4O. The largest absolute Gasteiger partial charge is 0.481 e. The van der Waals surface area contributed by atoms with Crippen LogP contribution in [-0.4, -0.2) is 21.9 Å². The molecule has 0 saturated carbocycles. The maximum absolute atomic E-state index is 5.80. The first-order valence-electron chi connectivity index (χ1n) is 6.18. The summed E-state index contributed by atoms with van der Waals surface area (Å²) in [7, 11) is 1.59. The highest BCUT2D eigenvalue weighted by Crippen LogP contribution is 2.22. The molecule has 3 rings (SSSR count). The van der Waals surface area contributed by atoms with Gasteiger partial charge in [-0.3, -0.25) is 0 Å². The third kappa shape index (κ3) is 2.33. The van der Waals surface area contributed by atoms with Crippen LogP contribution in [0.2, 0.25) is 0 Å². The number of ether oxygens (including phenoxy) is 1. The predicted molar refractivity (Wildman–Crippen MR) is 77.8 cm³/mol. The molecule has 0 saturated heterocycles. The summed E-state index contributed by atoms with van der Waals surface area (Å²) in [6, 6.07) is 13.2. The van der Waals surface area contributed by atoms with E-state index in [4.69, 9.17) is 10.5 Å². The summed E-state index contributed by atoms with van der Waals surface area (Å²) < 4.78 is 6.82. The molecule has 2 heterocycles. The third-order valence-corrected chi connectivity index (χ3v) is 2.96. The van der Waals surface area contributed by atoms with Crippen LogP contribution >= 0.6 is 0 Å². The van der Waals surface area contributed by atoms with Crippen LogP contribution in [0.25, 0.3) is 16.9 Å². The van der Waals surface area contributed by atoms with E-state index in [1.165, 1.54) is 0 Å². The highest BCUT2D eigenvalue weighted by molar-refractivity contribution is 5.66. The van der Waals surface area contributed by atoms with Gasteiger partial charge in [0.05, 0.1) is 13.3 Å². The van der Waals surface area contributed by atoms with E-state index in [0.29, 0.717) is 11.7 Å². The van der Waals surface area contributed by atoms with E-state index >= 15 is 0 Å². The normalized spacial score (nSPS) is 10.4. The van der Waals surface area contributed by atoms with Crippen LogP contribution in [0.1, 0.15) is 0 Å². The summed E-state index contributed by atoms with van der Waals surface area (Å²) in [6.07, 6.45) is 3.70. The van der Waals surface area contributed by atoms with Gasteiger partial charge in [0.1, 0.15) is 0 Å². The van der Waals surface area contributed by atoms with Gasteiger partial charge in [-0.1, -0.05) is 18.2 Å². The molecule has 3 aromatic rings. The Balaban J connectivity index is 1.97. The molecular weight excluding hydrogens is 252 g/mol. The molecule has 2 N–H and O–H groups in total. The topological polar surface area (TPSA) is 66.0 Å². The fourth-order valence-corrected chi connectivity index (χ4v) is 1.96. The van der Waals surface area contributed by atoms with Crippen molar-refractivity contribution in [1.82, 2.24) is 14.8 Å². The van der Waals surface area contributed by atoms with Crippen LogP contribution in [-0.2, 0) is 0 Å². The van der Waals surface area contributed by atoms with Gasteiger partial charge in [0.2, 0.25) is 5.88 Å². The molecule has 20 heavy (non-hydrogen) atoms. The summed E-state index contributed by atoms with van der Waals surface area (Å²) in [6.45, 7) is 0. The molecule has 0 aliphatic carbocycles. The molecule has 2 aromatic heterocycles. The third-order valence-electron chi connectivity index (χ3n) is 2.96. The van der Waals surface area contributed by atoms with Gasteiger partial charge in [0.15, 0.2) is 5.82 Å². The van der Waals surface area contributed by atoms with Crippen LogP contribution in [0, 0.1) is 0 Å². The van der Waals surface area contributed by atoms with Gasteiger partial charge in [-0.15, -0.1) is 0 Å². The van der Waals surface area contributed by atoms with Gasteiger partial charge in [-0.05, 0) is 23.8 Å². The van der Waals surface area contributed by atoms with E-state index in [1.807, 2.05) is 42.6 Å². The quantitative estimate of drug-likeness (QED) is 0.740. The number of hydrogen-bond acceptors (Lipinski definition) is 4. The summed E-state index contributed by atoms with van der Waals surface area (Å²) in [5.74, 6) is 1.27. The van der Waals surface area contributed by atoms with Gasteiger partial charge in [-0.25, -0.2) is 4.68 Å². The number of anilines is 1. The molecule has 0 aliphatic rings. The van der Waals surface area contributed by atoms with Crippen molar-refractivity contribution in [3.63, 3.8) is 0 Å². The summed E-state index contributed by atoms with van der Waals surface area (Å²) in [5, 5.41) is 4.33. The number of methoxy groups -OCH3 is 1. The minimum atomic E-state index is 0.559. The van der Waals surface area contributed by atoms with E-state index in [9.17, 15) is 0 Å². The minimum absolute atomic E-state index is 0.559. The smallest absolute Gasteiger partial charge is 0.214 e. The molecule has 0 atom stereocenters. The van der Waals surface area contributed by atoms with Crippen molar-refractivity contribution in [3.8, 4) is 22.8 Å². The minimum Gasteiger partial charge on any atom is -0.481 e. The number of nitrogens with zero attached hydrogens (tertiary/aromatic N) is 3. The Labute approximate surface area is 116 Å². The lowest BCUT2D eigenvalue weighted by Crippen LogP contribution is -1.98. The van der Waals surface area contributed by atoms with Crippen molar-refractivity contribution in [2.75, 3.05) is 12.8 Å². The standard InChI is InChI=1S/C15H14N4O/c1-20-15-7-3-6-14(18-15)19-10-12(9-17-19)11-4-2-5-13(16)8-11/h2-10H,16H2,1H3. The molecule has 5 heteroatoms. The van der Waals surface area contributed by atoms with E-state index in [1.54, 1.807) is 24.1 Å². The second kappa shape index (κ2) is 5.05. The molecule has 5 nitrogen and oxygen atoms in total. The molecule has 100 valence electrons.